The summed E-state index contributed by atoms with van der Waals surface area (Å²) in [5.41, 5.74) is -0.000974. The Morgan fingerprint density at radius 2 is 1.82 bits per heavy atom. The lowest BCUT2D eigenvalue weighted by Gasteiger charge is -2.06. The van der Waals surface area contributed by atoms with Crippen molar-refractivity contribution < 1.29 is 19.2 Å². The number of ketones is 1. The number of rotatable bonds is 5. The number of Topliss-reactive ketones (excluding diaryl/α,β-unsaturated/α-hetero) is 1. The third kappa shape index (κ3) is 3.76. The normalized spacial score (nSPS) is 10.0. The number of nitrogens with zero attached hydrogens (tertiary/aromatic N) is 1. The highest BCUT2D eigenvalue weighted by Gasteiger charge is 2.22. The molecule has 0 aliphatic carbocycles. The Kier molecular flexibility index (Phi) is 4.63. The zero-order valence-corrected chi connectivity index (χ0v) is 11.8. The quantitative estimate of drug-likeness (QED) is 0.366. The van der Waals surface area contributed by atoms with Crippen molar-refractivity contribution in [2.24, 2.45) is 0 Å². The molecule has 0 heterocycles. The molecule has 0 saturated carbocycles. The molecule has 0 aromatic heterocycles. The van der Waals surface area contributed by atoms with E-state index in [0.29, 0.717) is 11.3 Å². The number of ether oxygens (including phenoxy) is 1. The van der Waals surface area contributed by atoms with Crippen molar-refractivity contribution in [1.29, 1.82) is 0 Å². The number of nitro benzene ring substituents is 1. The van der Waals surface area contributed by atoms with Gasteiger partial charge in [-0.2, -0.15) is 0 Å². The zero-order valence-electron chi connectivity index (χ0n) is 11.8. The van der Waals surface area contributed by atoms with Gasteiger partial charge in [-0.05, 0) is 30.7 Å². The first kappa shape index (κ1) is 15.4. The van der Waals surface area contributed by atoms with Gasteiger partial charge in [0.1, 0.15) is 17.1 Å². The van der Waals surface area contributed by atoms with E-state index < -0.39 is 10.9 Å². The summed E-state index contributed by atoms with van der Waals surface area (Å²) in [4.78, 5) is 33.7. The van der Waals surface area contributed by atoms with Crippen LogP contribution in [0.3, 0.4) is 0 Å². The van der Waals surface area contributed by atoms with Crippen molar-refractivity contribution in [2.75, 3.05) is 0 Å². The molecule has 0 fully saturated rings. The fraction of sp³-hybridized carbons (Fsp3) is 0.125. The molecule has 2 rings (SSSR count). The molecule has 2 aromatic carbocycles. The summed E-state index contributed by atoms with van der Waals surface area (Å²) >= 11 is 0. The fourth-order valence-electron chi connectivity index (χ4n) is 1.95. The van der Waals surface area contributed by atoms with E-state index in [1.807, 2.05) is 0 Å². The minimum atomic E-state index is -0.830. The fourth-order valence-corrected chi connectivity index (χ4v) is 1.95. The number of para-hydroxylation sites is 1. The third-order valence-electron chi connectivity index (χ3n) is 2.88. The van der Waals surface area contributed by atoms with Crippen LogP contribution in [0.1, 0.15) is 22.8 Å². The molecule has 0 spiro atoms. The highest BCUT2D eigenvalue weighted by molar-refractivity contribution is 5.95. The number of hydrogen-bond acceptors (Lipinski definition) is 5. The van der Waals surface area contributed by atoms with Gasteiger partial charge in [-0.15, -0.1) is 0 Å². The molecular formula is C16H13NO5. The Bertz CT molecular complexity index is 725. The molecule has 0 aliphatic heterocycles. The molecule has 0 radical (unpaired) electrons. The van der Waals surface area contributed by atoms with Gasteiger partial charge in [-0.3, -0.25) is 14.9 Å². The van der Waals surface area contributed by atoms with Gasteiger partial charge in [-0.1, -0.05) is 24.3 Å². The SMILES string of the molecule is CC(=O)Cc1ccc([N+](=O)[O-])c(C(=O)Oc2ccccc2)c1. The van der Waals surface area contributed by atoms with E-state index in [-0.39, 0.29) is 23.5 Å². The summed E-state index contributed by atoms with van der Waals surface area (Å²) in [6, 6.07) is 12.3. The van der Waals surface area contributed by atoms with Gasteiger partial charge in [-0.25, -0.2) is 4.79 Å². The minimum absolute atomic E-state index is 0.101. The van der Waals surface area contributed by atoms with Crippen molar-refractivity contribution in [3.63, 3.8) is 0 Å². The van der Waals surface area contributed by atoms with E-state index in [9.17, 15) is 19.7 Å². The number of nitro groups is 1. The van der Waals surface area contributed by atoms with Crippen LogP contribution < -0.4 is 4.74 Å². The number of hydrogen-bond donors (Lipinski definition) is 0. The maximum Gasteiger partial charge on any atom is 0.350 e. The van der Waals surface area contributed by atoms with Crippen LogP contribution in [0.4, 0.5) is 5.69 Å². The molecule has 2 aromatic rings. The lowest BCUT2D eigenvalue weighted by molar-refractivity contribution is -0.385. The van der Waals surface area contributed by atoms with Crippen LogP contribution in [0.5, 0.6) is 5.75 Å². The van der Waals surface area contributed by atoms with Gasteiger partial charge in [0.2, 0.25) is 0 Å². The minimum Gasteiger partial charge on any atom is -0.423 e. The van der Waals surface area contributed by atoms with Gasteiger partial charge in [0.05, 0.1) is 4.92 Å². The number of carbonyl (C=O) groups is 2. The standard InChI is InChI=1S/C16H13NO5/c1-11(18)9-12-7-8-15(17(20)21)14(10-12)16(19)22-13-5-3-2-4-6-13/h2-8,10H,9H2,1H3. The first-order valence-corrected chi connectivity index (χ1v) is 6.51. The first-order chi connectivity index (χ1) is 10.5. The topological polar surface area (TPSA) is 86.5 Å². The smallest absolute Gasteiger partial charge is 0.350 e. The Hall–Kier alpha value is -3.02. The second-order valence-electron chi connectivity index (χ2n) is 4.69. The Balaban J connectivity index is 2.35. The van der Waals surface area contributed by atoms with Crippen molar-refractivity contribution in [3.8, 4) is 5.75 Å². The molecule has 0 unspecified atom stereocenters. The van der Waals surface area contributed by atoms with Crippen LogP contribution >= 0.6 is 0 Å². The molecule has 0 aliphatic rings. The van der Waals surface area contributed by atoms with Gasteiger partial charge in [0, 0.05) is 12.5 Å². The van der Waals surface area contributed by atoms with Gasteiger partial charge < -0.3 is 4.74 Å². The molecule has 0 saturated heterocycles. The van der Waals surface area contributed by atoms with Crippen LogP contribution in [0.25, 0.3) is 0 Å². The Morgan fingerprint density at radius 1 is 1.14 bits per heavy atom. The number of esters is 1. The lowest BCUT2D eigenvalue weighted by Crippen LogP contribution is -2.12. The Labute approximate surface area is 126 Å². The van der Waals surface area contributed by atoms with E-state index in [4.69, 9.17) is 4.74 Å². The number of carbonyl (C=O) groups excluding carboxylic acids is 2. The van der Waals surface area contributed by atoms with E-state index in [1.54, 1.807) is 30.3 Å². The van der Waals surface area contributed by atoms with Crippen LogP contribution in [0.2, 0.25) is 0 Å². The summed E-state index contributed by atoms with van der Waals surface area (Å²) in [5, 5.41) is 11.0. The predicted molar refractivity (Wildman–Crippen MR) is 78.9 cm³/mol. The van der Waals surface area contributed by atoms with Crippen molar-refractivity contribution in [3.05, 3.63) is 69.8 Å². The maximum atomic E-state index is 12.2. The van der Waals surface area contributed by atoms with Crippen LogP contribution in [0.15, 0.2) is 48.5 Å². The summed E-state index contributed by atoms with van der Waals surface area (Å²) < 4.78 is 5.12. The molecule has 0 amide bonds. The largest absolute Gasteiger partial charge is 0.423 e. The maximum absolute atomic E-state index is 12.2. The molecule has 0 atom stereocenters. The van der Waals surface area contributed by atoms with E-state index in [2.05, 4.69) is 0 Å². The van der Waals surface area contributed by atoms with Crippen LogP contribution in [-0.2, 0) is 11.2 Å². The molecule has 0 N–H and O–H groups in total. The second kappa shape index (κ2) is 6.62. The van der Waals surface area contributed by atoms with E-state index in [1.165, 1.54) is 25.1 Å². The predicted octanol–water partition coefficient (Wildman–Crippen LogP) is 2.95. The Morgan fingerprint density at radius 3 is 2.41 bits per heavy atom. The van der Waals surface area contributed by atoms with Crippen LogP contribution in [0, 0.1) is 10.1 Å². The molecule has 0 bridgehead atoms. The lowest BCUT2D eigenvalue weighted by atomic mass is 10.0. The van der Waals surface area contributed by atoms with Crippen molar-refractivity contribution in [1.82, 2.24) is 0 Å². The zero-order chi connectivity index (χ0) is 16.1. The molecule has 6 nitrogen and oxygen atoms in total. The average Bonchev–Trinajstić information content (AvgIpc) is 2.47. The van der Waals surface area contributed by atoms with Crippen molar-refractivity contribution in [2.45, 2.75) is 13.3 Å². The molecule has 22 heavy (non-hydrogen) atoms. The van der Waals surface area contributed by atoms with Gasteiger partial charge in [0.25, 0.3) is 5.69 Å². The average molecular weight is 299 g/mol. The summed E-state index contributed by atoms with van der Waals surface area (Å²) in [6.07, 6.45) is 0.101. The molecule has 112 valence electrons. The van der Waals surface area contributed by atoms with E-state index in [0.717, 1.165) is 0 Å². The van der Waals surface area contributed by atoms with Gasteiger partial charge >= 0.3 is 5.97 Å². The highest BCUT2D eigenvalue weighted by atomic mass is 16.6. The van der Waals surface area contributed by atoms with Crippen LogP contribution in [-0.4, -0.2) is 16.7 Å². The first-order valence-electron chi connectivity index (χ1n) is 6.51. The highest BCUT2D eigenvalue weighted by Crippen LogP contribution is 2.22. The monoisotopic (exact) mass is 299 g/mol. The molecular weight excluding hydrogens is 286 g/mol. The van der Waals surface area contributed by atoms with Gasteiger partial charge in [0.15, 0.2) is 0 Å². The van der Waals surface area contributed by atoms with Crippen molar-refractivity contribution >= 4 is 17.4 Å². The van der Waals surface area contributed by atoms with E-state index >= 15 is 0 Å². The third-order valence-corrected chi connectivity index (χ3v) is 2.88. The number of benzene rings is 2. The second-order valence-corrected chi connectivity index (χ2v) is 4.69. The summed E-state index contributed by atoms with van der Waals surface area (Å²) in [5.74, 6) is -0.640. The summed E-state index contributed by atoms with van der Waals surface area (Å²) in [7, 11) is 0. The molecule has 6 heteroatoms. The summed E-state index contributed by atoms with van der Waals surface area (Å²) in [6.45, 7) is 1.41.